The molecule has 0 aliphatic heterocycles. The van der Waals surface area contributed by atoms with E-state index in [0.717, 1.165) is 5.02 Å². The van der Waals surface area contributed by atoms with E-state index in [1.165, 1.54) is 11.1 Å². The van der Waals surface area contributed by atoms with Gasteiger partial charge in [-0.2, -0.15) is 0 Å². The molecular formula is C15H25Cl. The van der Waals surface area contributed by atoms with E-state index in [1.807, 2.05) is 13.8 Å². The van der Waals surface area contributed by atoms with E-state index in [9.17, 15) is 0 Å². The molecule has 0 heterocycles. The Bertz CT molecular complexity index is 319. The summed E-state index contributed by atoms with van der Waals surface area (Å²) in [6, 6.07) is 6.38. The third-order valence-corrected chi connectivity index (χ3v) is 2.67. The first-order chi connectivity index (χ1) is 7.30. The Labute approximate surface area is 106 Å². The Hall–Kier alpha value is -0.490. The predicted molar refractivity (Wildman–Crippen MR) is 75.6 cm³/mol. The minimum absolute atomic E-state index is 0.175. The minimum Gasteiger partial charge on any atom is -0.0843 e. The minimum atomic E-state index is 0.175. The fourth-order valence-electron chi connectivity index (χ4n) is 1.38. The highest BCUT2D eigenvalue weighted by molar-refractivity contribution is 6.30. The third kappa shape index (κ3) is 4.57. The van der Waals surface area contributed by atoms with Crippen molar-refractivity contribution in [1.29, 1.82) is 0 Å². The summed E-state index contributed by atoms with van der Waals surface area (Å²) < 4.78 is 0. The first-order valence-corrected chi connectivity index (χ1v) is 6.49. The van der Waals surface area contributed by atoms with Crippen LogP contribution in [0.25, 0.3) is 0 Å². The van der Waals surface area contributed by atoms with Gasteiger partial charge in [0.1, 0.15) is 0 Å². The van der Waals surface area contributed by atoms with Gasteiger partial charge in [-0.25, -0.2) is 0 Å². The second-order valence-electron chi connectivity index (χ2n) is 5.18. The molecule has 0 spiro atoms. The molecule has 0 saturated carbocycles. The van der Waals surface area contributed by atoms with Crippen LogP contribution in [0.2, 0.25) is 5.02 Å². The molecule has 0 saturated heterocycles. The lowest BCUT2D eigenvalue weighted by atomic mass is 9.85. The van der Waals surface area contributed by atoms with Gasteiger partial charge in [0, 0.05) is 5.02 Å². The van der Waals surface area contributed by atoms with Gasteiger partial charge in [0.2, 0.25) is 0 Å². The first-order valence-electron chi connectivity index (χ1n) is 6.11. The van der Waals surface area contributed by atoms with Gasteiger partial charge in [-0.05, 0) is 34.6 Å². The maximum atomic E-state index is 6.10. The van der Waals surface area contributed by atoms with Crippen LogP contribution < -0.4 is 0 Å². The van der Waals surface area contributed by atoms with Gasteiger partial charge < -0.3 is 0 Å². The Morgan fingerprint density at radius 2 is 1.50 bits per heavy atom. The normalized spacial score (nSPS) is 11.1. The predicted octanol–water partition coefficient (Wildman–Crippen LogP) is 5.79. The lowest BCUT2D eigenvalue weighted by Crippen LogP contribution is -2.11. The highest BCUT2D eigenvalue weighted by Gasteiger charge is 2.15. The maximum Gasteiger partial charge on any atom is 0.0411 e. The summed E-state index contributed by atoms with van der Waals surface area (Å²) in [5, 5.41) is 0.848. The Kier molecular flexibility index (Phi) is 6.10. The van der Waals surface area contributed by atoms with Crippen LogP contribution in [0.4, 0.5) is 0 Å². The molecule has 1 aromatic rings. The van der Waals surface area contributed by atoms with Crippen molar-refractivity contribution in [3.8, 4) is 0 Å². The van der Waals surface area contributed by atoms with E-state index < -0.39 is 0 Å². The molecule has 0 atom stereocenters. The highest BCUT2D eigenvalue weighted by Crippen LogP contribution is 2.29. The van der Waals surface area contributed by atoms with Crippen molar-refractivity contribution in [2.45, 2.75) is 59.8 Å². The van der Waals surface area contributed by atoms with Gasteiger partial charge in [0.15, 0.2) is 0 Å². The molecular weight excluding hydrogens is 216 g/mol. The Morgan fingerprint density at radius 1 is 1.00 bits per heavy atom. The topological polar surface area (TPSA) is 0 Å². The van der Waals surface area contributed by atoms with Gasteiger partial charge in [-0.1, -0.05) is 66.1 Å². The third-order valence-electron chi connectivity index (χ3n) is 2.45. The van der Waals surface area contributed by atoms with Crippen molar-refractivity contribution in [2.24, 2.45) is 0 Å². The van der Waals surface area contributed by atoms with Crippen LogP contribution in [-0.4, -0.2) is 0 Å². The molecule has 0 radical (unpaired) electrons. The fourth-order valence-corrected chi connectivity index (χ4v) is 1.62. The largest absolute Gasteiger partial charge is 0.0843 e. The highest BCUT2D eigenvalue weighted by atomic mass is 35.5. The number of hydrogen-bond donors (Lipinski definition) is 0. The van der Waals surface area contributed by atoms with Crippen molar-refractivity contribution < 1.29 is 0 Å². The lowest BCUT2D eigenvalue weighted by Gasteiger charge is -2.21. The first kappa shape index (κ1) is 15.5. The number of hydrogen-bond acceptors (Lipinski definition) is 0. The quantitative estimate of drug-likeness (QED) is 0.583. The number of rotatable bonds is 1. The van der Waals surface area contributed by atoms with Gasteiger partial charge in [0.05, 0.1) is 0 Å². The SMILES string of the molecule is CC.CC(C)c1cc(Cl)cc(C(C)(C)C)c1. The van der Waals surface area contributed by atoms with Crippen molar-refractivity contribution in [1.82, 2.24) is 0 Å². The van der Waals surface area contributed by atoms with Crippen LogP contribution in [0.3, 0.4) is 0 Å². The van der Waals surface area contributed by atoms with E-state index in [0.29, 0.717) is 5.92 Å². The molecule has 0 aliphatic carbocycles. The number of halogens is 1. The molecule has 0 N–H and O–H groups in total. The number of benzene rings is 1. The van der Waals surface area contributed by atoms with Gasteiger partial charge in [-0.3, -0.25) is 0 Å². The zero-order valence-corrected chi connectivity index (χ0v) is 12.4. The lowest BCUT2D eigenvalue weighted by molar-refractivity contribution is 0.588. The average molecular weight is 241 g/mol. The maximum absolute atomic E-state index is 6.10. The molecule has 16 heavy (non-hydrogen) atoms. The summed E-state index contributed by atoms with van der Waals surface area (Å²) in [6.45, 7) is 15.0. The molecule has 1 heteroatoms. The molecule has 0 amide bonds. The fraction of sp³-hybridized carbons (Fsp3) is 0.600. The van der Waals surface area contributed by atoms with Crippen LogP contribution in [0, 0.1) is 0 Å². The van der Waals surface area contributed by atoms with Crippen molar-refractivity contribution in [2.75, 3.05) is 0 Å². The van der Waals surface area contributed by atoms with Crippen LogP contribution in [-0.2, 0) is 5.41 Å². The second kappa shape index (κ2) is 6.30. The standard InChI is InChI=1S/C13H19Cl.C2H6/c1-9(2)10-6-11(13(3,4)5)8-12(14)7-10;1-2/h6-9H,1-5H3;1-2H3. The zero-order valence-electron chi connectivity index (χ0n) is 11.7. The summed E-state index contributed by atoms with van der Waals surface area (Å²) in [5.41, 5.74) is 2.81. The summed E-state index contributed by atoms with van der Waals surface area (Å²) in [7, 11) is 0. The van der Waals surface area contributed by atoms with Crippen molar-refractivity contribution in [3.05, 3.63) is 34.3 Å². The molecule has 0 unspecified atom stereocenters. The monoisotopic (exact) mass is 240 g/mol. The van der Waals surface area contributed by atoms with Gasteiger partial charge in [-0.15, -0.1) is 0 Å². The average Bonchev–Trinajstić information content (AvgIpc) is 2.18. The van der Waals surface area contributed by atoms with Crippen LogP contribution in [0.1, 0.15) is 65.5 Å². The smallest absolute Gasteiger partial charge is 0.0411 e. The molecule has 0 fully saturated rings. The molecule has 1 aromatic carbocycles. The summed E-state index contributed by atoms with van der Waals surface area (Å²) in [4.78, 5) is 0. The molecule has 0 aliphatic rings. The molecule has 92 valence electrons. The second-order valence-corrected chi connectivity index (χ2v) is 5.61. The summed E-state index contributed by atoms with van der Waals surface area (Å²) in [5.74, 6) is 0.537. The molecule has 1 rings (SSSR count). The van der Waals surface area contributed by atoms with E-state index in [2.05, 4.69) is 52.8 Å². The van der Waals surface area contributed by atoms with Crippen LogP contribution in [0.15, 0.2) is 18.2 Å². The van der Waals surface area contributed by atoms with Crippen molar-refractivity contribution in [3.63, 3.8) is 0 Å². The Balaban J connectivity index is 0.00000106. The Morgan fingerprint density at radius 3 is 1.88 bits per heavy atom. The summed E-state index contributed by atoms with van der Waals surface area (Å²) in [6.07, 6.45) is 0. The van der Waals surface area contributed by atoms with Crippen LogP contribution >= 0.6 is 11.6 Å². The van der Waals surface area contributed by atoms with Gasteiger partial charge >= 0.3 is 0 Å². The van der Waals surface area contributed by atoms with E-state index in [-0.39, 0.29) is 5.41 Å². The van der Waals surface area contributed by atoms with Crippen LogP contribution in [0.5, 0.6) is 0 Å². The molecule has 0 bridgehead atoms. The molecule has 0 aromatic heterocycles. The van der Waals surface area contributed by atoms with Gasteiger partial charge in [0.25, 0.3) is 0 Å². The van der Waals surface area contributed by atoms with E-state index in [1.54, 1.807) is 0 Å². The van der Waals surface area contributed by atoms with Crippen molar-refractivity contribution >= 4 is 11.6 Å². The molecule has 0 nitrogen and oxygen atoms in total. The zero-order chi connectivity index (χ0) is 12.9. The van der Waals surface area contributed by atoms with E-state index >= 15 is 0 Å². The summed E-state index contributed by atoms with van der Waals surface area (Å²) >= 11 is 6.10. The van der Waals surface area contributed by atoms with E-state index in [4.69, 9.17) is 11.6 Å².